The van der Waals surface area contributed by atoms with Gasteiger partial charge in [0.15, 0.2) is 6.10 Å². The van der Waals surface area contributed by atoms with E-state index in [1.54, 1.807) is 41.8 Å². The zero-order chi connectivity index (χ0) is 15.5. The molecule has 0 aliphatic rings. The van der Waals surface area contributed by atoms with Gasteiger partial charge in [-0.15, -0.1) is 0 Å². The molecule has 1 amide bonds. The number of fused-ring (bicyclic) bond motifs is 1. The Labute approximate surface area is 132 Å². The van der Waals surface area contributed by atoms with Gasteiger partial charge in [-0.2, -0.15) is 0 Å². The Kier molecular flexibility index (Phi) is 3.98. The number of imidazole rings is 1. The van der Waals surface area contributed by atoms with Crippen LogP contribution in [0.5, 0.6) is 5.75 Å². The molecule has 5 nitrogen and oxygen atoms in total. The fourth-order valence-corrected chi connectivity index (χ4v) is 2.14. The van der Waals surface area contributed by atoms with Crippen molar-refractivity contribution in [2.75, 3.05) is 5.32 Å². The summed E-state index contributed by atoms with van der Waals surface area (Å²) in [6, 6.07) is 12.6. The zero-order valence-electron chi connectivity index (χ0n) is 11.9. The first kappa shape index (κ1) is 14.4. The van der Waals surface area contributed by atoms with Gasteiger partial charge in [0.05, 0.1) is 11.7 Å². The summed E-state index contributed by atoms with van der Waals surface area (Å²) in [6.07, 6.45) is 2.88. The van der Waals surface area contributed by atoms with E-state index in [-0.39, 0.29) is 5.91 Å². The third-order valence-electron chi connectivity index (χ3n) is 3.17. The molecule has 0 saturated heterocycles. The van der Waals surface area contributed by atoms with Gasteiger partial charge in [0, 0.05) is 11.2 Å². The average molecular weight is 316 g/mol. The topological polar surface area (TPSA) is 55.6 Å². The van der Waals surface area contributed by atoms with E-state index in [1.165, 1.54) is 0 Å². The van der Waals surface area contributed by atoms with Crippen LogP contribution in [-0.4, -0.2) is 21.4 Å². The Morgan fingerprint density at radius 3 is 2.82 bits per heavy atom. The maximum Gasteiger partial charge on any atom is 0.267 e. The highest BCUT2D eigenvalue weighted by Gasteiger charge is 2.16. The SMILES string of the molecule is CC(Oc1ccc(Cl)cc1)C(=O)Nc1ncc2ccccn12. The summed E-state index contributed by atoms with van der Waals surface area (Å²) < 4.78 is 7.38. The van der Waals surface area contributed by atoms with Crippen molar-refractivity contribution >= 4 is 29.0 Å². The molecule has 1 atom stereocenters. The van der Waals surface area contributed by atoms with Crippen LogP contribution in [0.15, 0.2) is 54.9 Å². The molecule has 1 aromatic carbocycles. The van der Waals surface area contributed by atoms with Crippen LogP contribution in [0, 0.1) is 0 Å². The number of nitrogens with zero attached hydrogens (tertiary/aromatic N) is 2. The summed E-state index contributed by atoms with van der Waals surface area (Å²) >= 11 is 5.82. The molecule has 0 saturated carbocycles. The molecule has 3 rings (SSSR count). The number of hydrogen-bond donors (Lipinski definition) is 1. The van der Waals surface area contributed by atoms with Gasteiger partial charge < -0.3 is 4.74 Å². The van der Waals surface area contributed by atoms with E-state index >= 15 is 0 Å². The number of halogens is 1. The Bertz CT molecular complexity index is 799. The Hall–Kier alpha value is -2.53. The van der Waals surface area contributed by atoms with E-state index in [2.05, 4.69) is 10.3 Å². The summed E-state index contributed by atoms with van der Waals surface area (Å²) in [5, 5.41) is 3.38. The van der Waals surface area contributed by atoms with Crippen LogP contribution >= 0.6 is 11.6 Å². The monoisotopic (exact) mass is 315 g/mol. The van der Waals surface area contributed by atoms with Crippen LogP contribution in [0.3, 0.4) is 0 Å². The number of anilines is 1. The number of pyridine rings is 1. The van der Waals surface area contributed by atoms with E-state index in [9.17, 15) is 4.79 Å². The minimum Gasteiger partial charge on any atom is -0.481 e. The molecular formula is C16H14ClN3O2. The summed E-state index contributed by atoms with van der Waals surface area (Å²) in [5.74, 6) is 0.776. The second-order valence-electron chi connectivity index (χ2n) is 4.78. The molecule has 22 heavy (non-hydrogen) atoms. The van der Waals surface area contributed by atoms with Crippen LogP contribution in [0.25, 0.3) is 5.52 Å². The van der Waals surface area contributed by atoms with Gasteiger partial charge in [-0.05, 0) is 43.3 Å². The smallest absolute Gasteiger partial charge is 0.267 e. The predicted molar refractivity (Wildman–Crippen MR) is 85.4 cm³/mol. The van der Waals surface area contributed by atoms with Crippen LogP contribution in [0.1, 0.15) is 6.92 Å². The molecule has 0 radical (unpaired) electrons. The van der Waals surface area contributed by atoms with E-state index < -0.39 is 6.10 Å². The Balaban J connectivity index is 1.69. The lowest BCUT2D eigenvalue weighted by Crippen LogP contribution is -2.30. The van der Waals surface area contributed by atoms with Crippen molar-refractivity contribution in [2.45, 2.75) is 13.0 Å². The second-order valence-corrected chi connectivity index (χ2v) is 5.22. The number of aromatic nitrogens is 2. The fourth-order valence-electron chi connectivity index (χ4n) is 2.02. The van der Waals surface area contributed by atoms with Gasteiger partial charge in [-0.25, -0.2) is 4.98 Å². The van der Waals surface area contributed by atoms with Crippen LogP contribution in [-0.2, 0) is 4.79 Å². The quantitative estimate of drug-likeness (QED) is 0.803. The molecule has 6 heteroatoms. The molecule has 0 spiro atoms. The van der Waals surface area contributed by atoms with Gasteiger partial charge in [0.1, 0.15) is 5.75 Å². The number of amides is 1. The van der Waals surface area contributed by atoms with Gasteiger partial charge in [-0.3, -0.25) is 14.5 Å². The highest BCUT2D eigenvalue weighted by molar-refractivity contribution is 6.30. The lowest BCUT2D eigenvalue weighted by atomic mass is 10.3. The zero-order valence-corrected chi connectivity index (χ0v) is 12.6. The van der Waals surface area contributed by atoms with Gasteiger partial charge in [0.25, 0.3) is 5.91 Å². The molecular weight excluding hydrogens is 302 g/mol. The third kappa shape index (κ3) is 3.04. The molecule has 1 unspecified atom stereocenters. The molecule has 0 fully saturated rings. The molecule has 2 heterocycles. The number of benzene rings is 1. The molecule has 0 aliphatic heterocycles. The van der Waals surface area contributed by atoms with Crippen molar-refractivity contribution in [3.8, 4) is 5.75 Å². The number of rotatable bonds is 4. The molecule has 3 aromatic rings. The predicted octanol–water partition coefficient (Wildman–Crippen LogP) is 3.39. The van der Waals surface area contributed by atoms with Crippen molar-refractivity contribution in [3.63, 3.8) is 0 Å². The number of hydrogen-bond acceptors (Lipinski definition) is 3. The molecule has 2 aromatic heterocycles. The highest BCUT2D eigenvalue weighted by atomic mass is 35.5. The molecule has 0 aliphatic carbocycles. The van der Waals surface area contributed by atoms with E-state index in [0.717, 1.165) is 5.52 Å². The normalized spacial score (nSPS) is 12.1. The number of carbonyl (C=O) groups is 1. The maximum absolute atomic E-state index is 12.2. The number of nitrogens with one attached hydrogen (secondary N) is 1. The first-order valence-electron chi connectivity index (χ1n) is 6.78. The van der Waals surface area contributed by atoms with Crippen molar-refractivity contribution in [2.24, 2.45) is 0 Å². The van der Waals surface area contributed by atoms with Crippen molar-refractivity contribution in [1.82, 2.24) is 9.38 Å². The Morgan fingerprint density at radius 2 is 2.05 bits per heavy atom. The average Bonchev–Trinajstić information content (AvgIpc) is 2.93. The third-order valence-corrected chi connectivity index (χ3v) is 3.42. The lowest BCUT2D eigenvalue weighted by Gasteiger charge is -2.14. The standard InChI is InChI=1S/C16H14ClN3O2/c1-11(22-14-7-5-12(17)6-8-14)15(21)19-16-18-10-13-4-2-3-9-20(13)16/h2-11H,1H3,(H,18,19,21). The first-order valence-corrected chi connectivity index (χ1v) is 7.16. The van der Waals surface area contributed by atoms with E-state index in [4.69, 9.17) is 16.3 Å². The van der Waals surface area contributed by atoms with Crippen LogP contribution in [0.4, 0.5) is 5.95 Å². The van der Waals surface area contributed by atoms with Crippen LogP contribution < -0.4 is 10.1 Å². The molecule has 0 bridgehead atoms. The van der Waals surface area contributed by atoms with Gasteiger partial charge in [-0.1, -0.05) is 17.7 Å². The van der Waals surface area contributed by atoms with Crippen molar-refractivity contribution in [3.05, 3.63) is 59.9 Å². The number of carbonyl (C=O) groups excluding carboxylic acids is 1. The highest BCUT2D eigenvalue weighted by Crippen LogP contribution is 2.17. The largest absolute Gasteiger partial charge is 0.481 e. The minimum atomic E-state index is -0.655. The summed E-state index contributed by atoms with van der Waals surface area (Å²) in [5.41, 5.74) is 0.907. The summed E-state index contributed by atoms with van der Waals surface area (Å²) in [6.45, 7) is 1.68. The van der Waals surface area contributed by atoms with Gasteiger partial charge >= 0.3 is 0 Å². The van der Waals surface area contributed by atoms with Crippen molar-refractivity contribution < 1.29 is 9.53 Å². The van der Waals surface area contributed by atoms with Crippen molar-refractivity contribution in [1.29, 1.82) is 0 Å². The number of ether oxygens (including phenoxy) is 1. The summed E-state index contributed by atoms with van der Waals surface area (Å²) in [4.78, 5) is 16.4. The minimum absolute atomic E-state index is 0.272. The van der Waals surface area contributed by atoms with Gasteiger partial charge in [0.2, 0.25) is 5.95 Å². The van der Waals surface area contributed by atoms with E-state index in [1.807, 2.05) is 24.4 Å². The summed E-state index contributed by atoms with van der Waals surface area (Å²) in [7, 11) is 0. The van der Waals surface area contributed by atoms with Crippen LogP contribution in [0.2, 0.25) is 5.02 Å². The first-order chi connectivity index (χ1) is 10.6. The second kappa shape index (κ2) is 6.07. The fraction of sp³-hybridized carbons (Fsp3) is 0.125. The molecule has 1 N–H and O–H groups in total. The Morgan fingerprint density at radius 1 is 1.27 bits per heavy atom. The molecule has 112 valence electrons. The van der Waals surface area contributed by atoms with E-state index in [0.29, 0.717) is 16.7 Å². The lowest BCUT2D eigenvalue weighted by molar-refractivity contribution is -0.122. The maximum atomic E-state index is 12.2.